The van der Waals surface area contributed by atoms with Crippen LogP contribution in [0.25, 0.3) is 0 Å². The van der Waals surface area contributed by atoms with Crippen LogP contribution in [0.5, 0.6) is 0 Å². The molecular weight excluding hydrogens is 228 g/mol. The van der Waals surface area contributed by atoms with Gasteiger partial charge >= 0.3 is 5.97 Å². The van der Waals surface area contributed by atoms with E-state index in [2.05, 4.69) is 23.1 Å². The quantitative estimate of drug-likeness (QED) is 0.766. The molecule has 0 bridgehead atoms. The van der Waals surface area contributed by atoms with Crippen molar-refractivity contribution in [1.29, 1.82) is 0 Å². The summed E-state index contributed by atoms with van der Waals surface area (Å²) in [7, 11) is 1.40. The molecule has 2 N–H and O–H groups in total. The molecule has 0 amide bonds. The molecule has 0 spiro atoms. The van der Waals surface area contributed by atoms with E-state index in [1.165, 1.54) is 12.7 Å². The Morgan fingerprint density at radius 3 is 3.00 bits per heavy atom. The molecule has 4 nitrogen and oxygen atoms in total. The van der Waals surface area contributed by atoms with Crippen molar-refractivity contribution >= 4 is 5.97 Å². The molecule has 0 atom stereocenters. The van der Waals surface area contributed by atoms with Gasteiger partial charge in [0.15, 0.2) is 0 Å². The van der Waals surface area contributed by atoms with Crippen LogP contribution in [0, 0.1) is 0 Å². The summed E-state index contributed by atoms with van der Waals surface area (Å²) in [5, 5.41) is 0. The average Bonchev–Trinajstić information content (AvgIpc) is 2.41. The molecule has 18 heavy (non-hydrogen) atoms. The second-order valence-corrected chi connectivity index (χ2v) is 4.71. The Bertz CT molecular complexity index is 422. The predicted octanol–water partition coefficient (Wildman–Crippen LogP) is 1.35. The summed E-state index contributed by atoms with van der Waals surface area (Å²) >= 11 is 0. The second kappa shape index (κ2) is 5.87. The zero-order chi connectivity index (χ0) is 13.0. The fourth-order valence-electron chi connectivity index (χ4n) is 2.33. The lowest BCUT2D eigenvalue weighted by atomic mass is 10.0. The van der Waals surface area contributed by atoms with Crippen molar-refractivity contribution in [3.8, 4) is 0 Å². The molecule has 0 saturated heterocycles. The number of esters is 1. The zero-order valence-electron chi connectivity index (χ0n) is 10.8. The molecule has 4 heteroatoms. The minimum atomic E-state index is -0.301. The van der Waals surface area contributed by atoms with Crippen LogP contribution < -0.4 is 5.73 Å². The van der Waals surface area contributed by atoms with Gasteiger partial charge in [-0.2, -0.15) is 0 Å². The maximum absolute atomic E-state index is 11.6. The van der Waals surface area contributed by atoms with Gasteiger partial charge in [-0.15, -0.1) is 0 Å². The van der Waals surface area contributed by atoms with Crippen molar-refractivity contribution in [1.82, 2.24) is 4.90 Å². The highest BCUT2D eigenvalue weighted by Crippen LogP contribution is 2.18. The van der Waals surface area contributed by atoms with Crippen molar-refractivity contribution in [3.05, 3.63) is 35.1 Å². The SMILES string of the molecule is COC(=O)C1=C(N)CCN(CC2=CCCC=C2)C1. The lowest BCUT2D eigenvalue weighted by molar-refractivity contribution is -0.136. The summed E-state index contributed by atoms with van der Waals surface area (Å²) in [6.07, 6.45) is 9.61. The number of methoxy groups -OCH3 is 1. The van der Waals surface area contributed by atoms with Crippen LogP contribution in [-0.4, -0.2) is 37.6 Å². The molecule has 0 saturated carbocycles. The first kappa shape index (κ1) is 12.9. The third-order valence-corrected chi connectivity index (χ3v) is 3.38. The molecule has 0 aromatic rings. The van der Waals surface area contributed by atoms with E-state index < -0.39 is 0 Å². The third kappa shape index (κ3) is 3.01. The van der Waals surface area contributed by atoms with Gasteiger partial charge in [-0.25, -0.2) is 4.79 Å². The fourth-order valence-corrected chi connectivity index (χ4v) is 2.33. The number of allylic oxidation sites excluding steroid dienone is 2. The van der Waals surface area contributed by atoms with Crippen molar-refractivity contribution in [2.75, 3.05) is 26.7 Å². The minimum Gasteiger partial charge on any atom is -0.466 e. The molecular formula is C14H20N2O2. The first-order chi connectivity index (χ1) is 8.70. The molecule has 2 aliphatic rings. The number of ether oxygens (including phenoxy) is 1. The standard InChI is InChI=1S/C14H20N2O2/c1-18-14(17)12-10-16(8-7-13(12)15)9-11-5-3-2-4-6-11/h3,5-6H,2,4,7-10,15H2,1H3. The molecule has 0 fully saturated rings. The van der Waals surface area contributed by atoms with Gasteiger partial charge in [0.25, 0.3) is 0 Å². The van der Waals surface area contributed by atoms with Gasteiger partial charge in [-0.3, -0.25) is 4.90 Å². The molecule has 0 aromatic carbocycles. The fraction of sp³-hybridized carbons (Fsp3) is 0.500. The molecule has 2 rings (SSSR count). The van der Waals surface area contributed by atoms with Gasteiger partial charge in [0.05, 0.1) is 12.7 Å². The lowest BCUT2D eigenvalue weighted by Crippen LogP contribution is -2.37. The Balaban J connectivity index is 1.99. The highest BCUT2D eigenvalue weighted by molar-refractivity contribution is 5.89. The van der Waals surface area contributed by atoms with E-state index in [9.17, 15) is 4.79 Å². The van der Waals surface area contributed by atoms with Gasteiger partial charge in [-0.05, 0) is 18.4 Å². The van der Waals surface area contributed by atoms with Crippen molar-refractivity contribution in [3.63, 3.8) is 0 Å². The summed E-state index contributed by atoms with van der Waals surface area (Å²) in [5.74, 6) is -0.301. The number of nitrogens with two attached hydrogens (primary N) is 1. The van der Waals surface area contributed by atoms with Gasteiger partial charge < -0.3 is 10.5 Å². The monoisotopic (exact) mass is 248 g/mol. The molecule has 0 unspecified atom stereocenters. The van der Waals surface area contributed by atoms with E-state index in [-0.39, 0.29) is 5.97 Å². The molecule has 0 aromatic heterocycles. The average molecular weight is 248 g/mol. The molecule has 98 valence electrons. The normalized spacial score (nSPS) is 20.8. The minimum absolute atomic E-state index is 0.301. The Kier molecular flexibility index (Phi) is 4.20. The number of hydrogen-bond donors (Lipinski definition) is 1. The Morgan fingerprint density at radius 1 is 1.50 bits per heavy atom. The van der Waals surface area contributed by atoms with E-state index in [1.54, 1.807) is 0 Å². The van der Waals surface area contributed by atoms with Crippen molar-refractivity contribution in [2.45, 2.75) is 19.3 Å². The third-order valence-electron chi connectivity index (χ3n) is 3.38. The summed E-state index contributed by atoms with van der Waals surface area (Å²) in [5.41, 5.74) is 8.49. The topological polar surface area (TPSA) is 55.6 Å². The van der Waals surface area contributed by atoms with Crippen LogP contribution in [0.1, 0.15) is 19.3 Å². The smallest absolute Gasteiger partial charge is 0.336 e. The Morgan fingerprint density at radius 2 is 2.33 bits per heavy atom. The molecule has 1 aliphatic carbocycles. The van der Waals surface area contributed by atoms with E-state index >= 15 is 0 Å². The van der Waals surface area contributed by atoms with Crippen molar-refractivity contribution < 1.29 is 9.53 Å². The van der Waals surface area contributed by atoms with E-state index in [1.807, 2.05) is 0 Å². The number of rotatable bonds is 3. The number of hydrogen-bond acceptors (Lipinski definition) is 4. The number of nitrogens with zero attached hydrogens (tertiary/aromatic N) is 1. The second-order valence-electron chi connectivity index (χ2n) is 4.71. The van der Waals surface area contributed by atoms with Crippen LogP contribution in [0.15, 0.2) is 35.1 Å². The lowest BCUT2D eigenvalue weighted by Gasteiger charge is -2.29. The highest BCUT2D eigenvalue weighted by atomic mass is 16.5. The van der Waals surface area contributed by atoms with Gasteiger partial charge in [-0.1, -0.05) is 18.2 Å². The van der Waals surface area contributed by atoms with Crippen molar-refractivity contribution in [2.24, 2.45) is 5.73 Å². The summed E-state index contributed by atoms with van der Waals surface area (Å²) in [6.45, 7) is 2.37. The van der Waals surface area contributed by atoms with Crippen LogP contribution in [0.4, 0.5) is 0 Å². The first-order valence-electron chi connectivity index (χ1n) is 6.34. The van der Waals surface area contributed by atoms with Gasteiger partial charge in [0, 0.05) is 31.8 Å². The number of carbonyl (C=O) groups excluding carboxylic acids is 1. The highest BCUT2D eigenvalue weighted by Gasteiger charge is 2.23. The van der Waals surface area contributed by atoms with E-state index in [0.29, 0.717) is 17.8 Å². The molecule has 1 aliphatic heterocycles. The van der Waals surface area contributed by atoms with Crippen LogP contribution in [0.3, 0.4) is 0 Å². The molecule has 0 radical (unpaired) electrons. The predicted molar refractivity (Wildman–Crippen MR) is 70.7 cm³/mol. The summed E-state index contributed by atoms with van der Waals surface area (Å²) in [6, 6.07) is 0. The van der Waals surface area contributed by atoms with Crippen LogP contribution in [0.2, 0.25) is 0 Å². The zero-order valence-corrected chi connectivity index (χ0v) is 10.8. The maximum atomic E-state index is 11.6. The Labute approximate surface area is 108 Å². The Hall–Kier alpha value is -1.55. The van der Waals surface area contributed by atoms with Crippen LogP contribution >= 0.6 is 0 Å². The molecule has 1 heterocycles. The first-order valence-corrected chi connectivity index (χ1v) is 6.34. The van der Waals surface area contributed by atoms with Gasteiger partial charge in [0.2, 0.25) is 0 Å². The van der Waals surface area contributed by atoms with E-state index in [4.69, 9.17) is 10.5 Å². The summed E-state index contributed by atoms with van der Waals surface area (Å²) < 4.78 is 4.77. The van der Waals surface area contributed by atoms with Gasteiger partial charge in [0.1, 0.15) is 0 Å². The number of carbonyl (C=O) groups is 1. The van der Waals surface area contributed by atoms with Crippen LogP contribution in [-0.2, 0) is 9.53 Å². The van der Waals surface area contributed by atoms with E-state index in [0.717, 1.165) is 32.4 Å². The largest absolute Gasteiger partial charge is 0.466 e. The maximum Gasteiger partial charge on any atom is 0.336 e. The summed E-state index contributed by atoms with van der Waals surface area (Å²) in [4.78, 5) is 13.8.